The number of nitrogens with zero attached hydrogens (tertiary/aromatic N) is 3. The summed E-state index contributed by atoms with van der Waals surface area (Å²) >= 11 is 0. The van der Waals surface area contributed by atoms with Crippen molar-refractivity contribution < 1.29 is 9.59 Å². The highest BCUT2D eigenvalue weighted by molar-refractivity contribution is 5.90. The smallest absolute Gasteiger partial charge is 0.264 e. The molecule has 7 heteroatoms. The number of hydrogen-bond acceptors (Lipinski definition) is 4. The first-order valence-electron chi connectivity index (χ1n) is 10.5. The molecule has 2 amide bonds. The van der Waals surface area contributed by atoms with Crippen LogP contribution >= 0.6 is 0 Å². The molecule has 0 radical (unpaired) electrons. The second-order valence-corrected chi connectivity index (χ2v) is 8.15. The van der Waals surface area contributed by atoms with Crippen molar-refractivity contribution in [1.82, 2.24) is 25.3 Å². The van der Waals surface area contributed by atoms with Crippen molar-refractivity contribution in [2.45, 2.75) is 32.4 Å². The number of rotatable bonds is 4. The number of imidazole rings is 1. The Hall–Kier alpha value is -3.19. The fraction of sp³-hybridized carbons (Fsp3) is 0.348. The highest BCUT2D eigenvalue weighted by Crippen LogP contribution is 2.30. The summed E-state index contributed by atoms with van der Waals surface area (Å²) in [5.74, 6) is 0.263. The van der Waals surface area contributed by atoms with Crippen molar-refractivity contribution in [3.63, 3.8) is 0 Å². The molecule has 0 saturated carbocycles. The third-order valence-corrected chi connectivity index (χ3v) is 6.02. The molecule has 1 fully saturated rings. The second-order valence-electron chi connectivity index (χ2n) is 8.15. The van der Waals surface area contributed by atoms with Gasteiger partial charge in [0.2, 0.25) is 5.91 Å². The summed E-state index contributed by atoms with van der Waals surface area (Å²) in [6.07, 6.45) is 1.44. The lowest BCUT2D eigenvalue weighted by atomic mass is 9.98. The fourth-order valence-corrected chi connectivity index (χ4v) is 4.43. The molecule has 30 heavy (non-hydrogen) atoms. The molecule has 2 aliphatic heterocycles. The van der Waals surface area contributed by atoms with Gasteiger partial charge >= 0.3 is 0 Å². The van der Waals surface area contributed by atoms with Crippen molar-refractivity contribution in [3.05, 3.63) is 65.5 Å². The Bertz CT molecular complexity index is 1070. The van der Waals surface area contributed by atoms with Crippen molar-refractivity contribution >= 4 is 22.8 Å². The van der Waals surface area contributed by atoms with E-state index in [1.807, 2.05) is 55.5 Å². The Morgan fingerprint density at radius 1 is 1.20 bits per heavy atom. The molecule has 7 nitrogen and oxygen atoms in total. The van der Waals surface area contributed by atoms with E-state index in [0.717, 1.165) is 41.0 Å². The summed E-state index contributed by atoms with van der Waals surface area (Å²) < 4.78 is 0. The molecule has 2 N–H and O–H groups in total. The molecule has 2 aromatic carbocycles. The van der Waals surface area contributed by atoms with Crippen LogP contribution in [-0.4, -0.2) is 44.9 Å². The van der Waals surface area contributed by atoms with E-state index >= 15 is 0 Å². The first-order chi connectivity index (χ1) is 14.6. The van der Waals surface area contributed by atoms with Crippen LogP contribution in [0, 0.1) is 5.92 Å². The lowest BCUT2D eigenvalue weighted by Crippen LogP contribution is -2.46. The lowest BCUT2D eigenvalue weighted by Gasteiger charge is -2.28. The quantitative estimate of drug-likeness (QED) is 0.702. The summed E-state index contributed by atoms with van der Waals surface area (Å²) in [5, 5.41) is 6.92. The number of nitrogens with one attached hydrogen (secondary N) is 2. The largest absolute Gasteiger partial charge is 0.342 e. The highest BCUT2D eigenvalue weighted by atomic mass is 16.2. The van der Waals surface area contributed by atoms with Crippen LogP contribution in [0.2, 0.25) is 0 Å². The second kappa shape index (κ2) is 7.57. The fourth-order valence-electron chi connectivity index (χ4n) is 4.43. The topological polar surface area (TPSA) is 81.3 Å². The minimum Gasteiger partial charge on any atom is -0.342 e. The number of fused-ring (bicyclic) bond motifs is 3. The van der Waals surface area contributed by atoms with Gasteiger partial charge in [-0.15, -0.1) is 0 Å². The van der Waals surface area contributed by atoms with E-state index in [0.29, 0.717) is 19.5 Å². The minimum atomic E-state index is -0.657. The maximum atomic E-state index is 13.3. The van der Waals surface area contributed by atoms with E-state index in [9.17, 15) is 9.59 Å². The molecule has 3 heterocycles. The maximum absolute atomic E-state index is 13.3. The Balaban J connectivity index is 1.36. The van der Waals surface area contributed by atoms with Gasteiger partial charge in [0.25, 0.3) is 5.91 Å². The van der Waals surface area contributed by atoms with Gasteiger partial charge in [0, 0.05) is 32.0 Å². The summed E-state index contributed by atoms with van der Waals surface area (Å²) in [6, 6.07) is 15.1. The summed E-state index contributed by atoms with van der Waals surface area (Å²) in [4.78, 5) is 34.2. The number of H-pyrrole nitrogens is 1. The molecular formula is C23H25N5O2. The maximum Gasteiger partial charge on any atom is 0.264 e. The van der Waals surface area contributed by atoms with E-state index in [2.05, 4.69) is 20.3 Å². The summed E-state index contributed by atoms with van der Waals surface area (Å²) in [6.45, 7) is 4.14. The van der Waals surface area contributed by atoms with Crippen molar-refractivity contribution in [2.75, 3.05) is 13.1 Å². The number of hydrogen-bond donors (Lipinski definition) is 2. The zero-order valence-electron chi connectivity index (χ0n) is 17.0. The number of carbonyl (C=O) groups excluding carboxylic acids is 2. The van der Waals surface area contributed by atoms with Gasteiger partial charge in [-0.3, -0.25) is 14.6 Å². The van der Waals surface area contributed by atoms with Crippen LogP contribution in [0.15, 0.2) is 48.5 Å². The number of amides is 2. The van der Waals surface area contributed by atoms with E-state index in [1.165, 1.54) is 0 Å². The molecule has 154 valence electrons. The van der Waals surface area contributed by atoms with E-state index in [1.54, 1.807) is 5.01 Å². The lowest BCUT2D eigenvalue weighted by molar-refractivity contribution is -0.148. The molecule has 0 spiro atoms. The van der Waals surface area contributed by atoms with E-state index in [4.69, 9.17) is 0 Å². The van der Waals surface area contributed by atoms with Gasteiger partial charge in [-0.1, -0.05) is 43.3 Å². The van der Waals surface area contributed by atoms with Gasteiger partial charge in [0.05, 0.1) is 11.0 Å². The van der Waals surface area contributed by atoms with Crippen molar-refractivity contribution in [3.8, 4) is 0 Å². The van der Waals surface area contributed by atoms with Crippen LogP contribution < -0.4 is 5.32 Å². The van der Waals surface area contributed by atoms with Crippen LogP contribution in [0.1, 0.15) is 36.3 Å². The van der Waals surface area contributed by atoms with Gasteiger partial charge < -0.3 is 10.3 Å². The van der Waals surface area contributed by atoms with Gasteiger partial charge in [-0.25, -0.2) is 9.99 Å². The predicted molar refractivity (Wildman–Crippen MR) is 113 cm³/mol. The highest BCUT2D eigenvalue weighted by Gasteiger charge is 2.38. The number of benzene rings is 2. The van der Waals surface area contributed by atoms with Crippen LogP contribution in [-0.2, 0) is 22.6 Å². The Kier molecular flexibility index (Phi) is 4.75. The van der Waals surface area contributed by atoms with Gasteiger partial charge in [0.1, 0.15) is 11.9 Å². The van der Waals surface area contributed by atoms with Gasteiger partial charge in [0.15, 0.2) is 0 Å². The Morgan fingerprint density at radius 2 is 2.00 bits per heavy atom. The third-order valence-electron chi connectivity index (χ3n) is 6.02. The monoisotopic (exact) mass is 403 g/mol. The minimum absolute atomic E-state index is 0.0539. The molecule has 5 rings (SSSR count). The number of aromatic nitrogens is 2. The number of carbonyl (C=O) groups is 2. The average molecular weight is 403 g/mol. The zero-order valence-corrected chi connectivity index (χ0v) is 17.0. The van der Waals surface area contributed by atoms with Gasteiger partial charge in [-0.2, -0.15) is 0 Å². The summed E-state index contributed by atoms with van der Waals surface area (Å²) in [5.41, 5.74) is 3.83. The van der Waals surface area contributed by atoms with Gasteiger partial charge in [-0.05, 0) is 29.7 Å². The molecule has 1 aromatic heterocycles. The summed E-state index contributed by atoms with van der Waals surface area (Å²) in [7, 11) is 0. The normalized spacial score (nSPS) is 20.0. The molecule has 0 bridgehead atoms. The standard InChI is InChI=1S/C23H25N5O2/c1-15(13-20-24-18-9-4-5-10-19(18)25-20)22(29)26-21-17-8-3-2-7-16(17)14-27-11-6-12-28(27)23(21)30/h2-5,7-10,15,21H,6,11-14H2,1H3,(H,24,25)(H,26,29)/t15?,21-/m0/s1. The number of hydrazine groups is 1. The van der Waals surface area contributed by atoms with Crippen LogP contribution in [0.4, 0.5) is 0 Å². The van der Waals surface area contributed by atoms with Crippen molar-refractivity contribution in [2.24, 2.45) is 5.92 Å². The number of para-hydroxylation sites is 2. The van der Waals surface area contributed by atoms with E-state index < -0.39 is 6.04 Å². The van der Waals surface area contributed by atoms with Crippen LogP contribution in [0.5, 0.6) is 0 Å². The van der Waals surface area contributed by atoms with Crippen LogP contribution in [0.25, 0.3) is 11.0 Å². The number of aromatic amines is 1. The first kappa shape index (κ1) is 18.8. The third kappa shape index (κ3) is 3.35. The molecular weight excluding hydrogens is 378 g/mol. The molecule has 1 saturated heterocycles. The van der Waals surface area contributed by atoms with Crippen molar-refractivity contribution in [1.29, 1.82) is 0 Å². The predicted octanol–water partition coefficient (Wildman–Crippen LogP) is 2.56. The molecule has 1 unspecified atom stereocenters. The van der Waals surface area contributed by atoms with Crippen LogP contribution in [0.3, 0.4) is 0 Å². The molecule has 2 atom stereocenters. The molecule has 0 aliphatic carbocycles. The van der Waals surface area contributed by atoms with E-state index in [-0.39, 0.29) is 17.7 Å². The average Bonchev–Trinajstić information content (AvgIpc) is 3.35. The SMILES string of the molecule is CC(Cc1nc2ccccc2[nH]1)C(=O)N[C@@H]1C(=O)N2CCCN2Cc2ccccc21. The zero-order chi connectivity index (χ0) is 20.7. The Morgan fingerprint density at radius 3 is 2.87 bits per heavy atom. The first-order valence-corrected chi connectivity index (χ1v) is 10.5. The molecule has 3 aromatic rings. The Labute approximate surface area is 175 Å². The molecule has 2 aliphatic rings.